The molecule has 0 radical (unpaired) electrons. The highest BCUT2D eigenvalue weighted by Gasteiger charge is 2.28. The van der Waals surface area contributed by atoms with E-state index >= 15 is 0 Å². The number of aryl methyl sites for hydroxylation is 1. The fourth-order valence-electron chi connectivity index (χ4n) is 3.64. The van der Waals surface area contributed by atoms with Crippen LogP contribution in [0.3, 0.4) is 0 Å². The zero-order chi connectivity index (χ0) is 21.5. The van der Waals surface area contributed by atoms with Gasteiger partial charge in [-0.1, -0.05) is 18.2 Å². The molecule has 0 saturated carbocycles. The van der Waals surface area contributed by atoms with E-state index in [-0.39, 0.29) is 27.5 Å². The molecule has 30 heavy (non-hydrogen) atoms. The van der Waals surface area contributed by atoms with Crippen molar-refractivity contribution in [2.24, 2.45) is 7.05 Å². The predicted molar refractivity (Wildman–Crippen MR) is 113 cm³/mol. The molecule has 3 aromatic rings. The third-order valence-corrected chi connectivity index (χ3v) is 7.21. The summed E-state index contributed by atoms with van der Waals surface area (Å²) >= 11 is 0. The lowest BCUT2D eigenvalue weighted by atomic mass is 10.1. The highest BCUT2D eigenvalue weighted by Crippen LogP contribution is 2.30. The van der Waals surface area contributed by atoms with Gasteiger partial charge in [-0.2, -0.15) is 4.31 Å². The summed E-state index contributed by atoms with van der Waals surface area (Å²) in [5.74, 6) is -0.883. The van der Waals surface area contributed by atoms with E-state index in [1.165, 1.54) is 33.1 Å². The number of pyridine rings is 1. The van der Waals surface area contributed by atoms with Gasteiger partial charge in [0.1, 0.15) is 5.75 Å². The first-order chi connectivity index (χ1) is 14.3. The molecule has 8 nitrogen and oxygen atoms in total. The summed E-state index contributed by atoms with van der Waals surface area (Å²) in [5.41, 5.74) is 0.337. The monoisotopic (exact) mass is 427 g/mol. The number of amides is 1. The summed E-state index contributed by atoms with van der Waals surface area (Å²) in [6.07, 6.45) is 1.61. The first-order valence-corrected chi connectivity index (χ1v) is 11.0. The van der Waals surface area contributed by atoms with E-state index < -0.39 is 15.9 Å². The molecule has 0 bridgehead atoms. The number of benzene rings is 2. The molecule has 1 aliphatic heterocycles. The average molecular weight is 427 g/mol. The standard InChI is InChI=1S/C21H21N3O5S/c1-23-18-7-3-2-6-15(18)16(13-20(23)26)21(27)22-17-12-14(8-9-19(17)25)30(28,29)24-10-4-5-11-24/h2-3,6-9,12-13,25H,4-5,10-11H2,1H3,(H,22,27). The number of nitrogens with one attached hydrogen (secondary N) is 1. The van der Waals surface area contributed by atoms with Gasteiger partial charge >= 0.3 is 0 Å². The molecule has 156 valence electrons. The molecule has 4 rings (SSSR count). The van der Waals surface area contributed by atoms with Gasteiger partial charge in [0, 0.05) is 31.6 Å². The molecule has 0 aliphatic carbocycles. The quantitative estimate of drug-likeness (QED) is 0.621. The van der Waals surface area contributed by atoms with Crippen LogP contribution in [0.4, 0.5) is 5.69 Å². The molecule has 1 aliphatic rings. The zero-order valence-electron chi connectivity index (χ0n) is 16.3. The maximum Gasteiger partial charge on any atom is 0.256 e. The third kappa shape index (κ3) is 3.46. The van der Waals surface area contributed by atoms with Crippen LogP contribution >= 0.6 is 0 Å². The highest BCUT2D eigenvalue weighted by atomic mass is 32.2. The van der Waals surface area contributed by atoms with E-state index in [0.29, 0.717) is 24.0 Å². The van der Waals surface area contributed by atoms with Crippen molar-refractivity contribution >= 4 is 32.5 Å². The number of carbonyl (C=O) groups is 1. The van der Waals surface area contributed by atoms with Gasteiger partial charge in [0.15, 0.2) is 0 Å². The Balaban J connectivity index is 1.72. The molecule has 2 N–H and O–H groups in total. The fraction of sp³-hybridized carbons (Fsp3) is 0.238. The normalized spacial score (nSPS) is 14.8. The van der Waals surface area contributed by atoms with Gasteiger partial charge in [0.2, 0.25) is 10.0 Å². The van der Waals surface area contributed by atoms with Crippen molar-refractivity contribution in [3.63, 3.8) is 0 Å². The first-order valence-electron chi connectivity index (χ1n) is 9.52. The second-order valence-electron chi connectivity index (χ2n) is 7.22. The summed E-state index contributed by atoms with van der Waals surface area (Å²) in [7, 11) is -2.09. The number of sulfonamides is 1. The lowest BCUT2D eigenvalue weighted by Crippen LogP contribution is -2.28. The number of carbonyl (C=O) groups excluding carboxylic acids is 1. The lowest BCUT2D eigenvalue weighted by molar-refractivity contribution is 0.102. The molecule has 1 aromatic heterocycles. The summed E-state index contributed by atoms with van der Waals surface area (Å²) in [4.78, 5) is 25.2. The van der Waals surface area contributed by atoms with Gasteiger partial charge < -0.3 is 15.0 Å². The van der Waals surface area contributed by atoms with Crippen LogP contribution in [-0.2, 0) is 17.1 Å². The van der Waals surface area contributed by atoms with Crippen molar-refractivity contribution < 1.29 is 18.3 Å². The number of aromatic hydroxyl groups is 1. The number of anilines is 1. The number of para-hydroxylation sites is 1. The second-order valence-corrected chi connectivity index (χ2v) is 9.15. The SMILES string of the molecule is Cn1c(=O)cc(C(=O)Nc2cc(S(=O)(=O)N3CCCC3)ccc2O)c2ccccc21. The number of fused-ring (bicyclic) bond motifs is 1. The van der Waals surface area contributed by atoms with Crippen molar-refractivity contribution in [3.05, 3.63) is 64.4 Å². The fourth-order valence-corrected chi connectivity index (χ4v) is 5.19. The Labute approximate surface area is 173 Å². The van der Waals surface area contributed by atoms with E-state index in [2.05, 4.69) is 5.32 Å². The number of nitrogens with zero attached hydrogens (tertiary/aromatic N) is 2. The van der Waals surface area contributed by atoms with Crippen LogP contribution in [0.25, 0.3) is 10.9 Å². The van der Waals surface area contributed by atoms with E-state index in [1.807, 2.05) is 0 Å². The predicted octanol–water partition coefficient (Wildman–Crippen LogP) is 2.28. The molecule has 2 heterocycles. The number of hydrogen-bond acceptors (Lipinski definition) is 5. The third-order valence-electron chi connectivity index (χ3n) is 5.32. The van der Waals surface area contributed by atoms with E-state index in [1.54, 1.807) is 31.3 Å². The van der Waals surface area contributed by atoms with Gasteiger partial charge in [-0.3, -0.25) is 9.59 Å². The minimum Gasteiger partial charge on any atom is -0.506 e. The van der Waals surface area contributed by atoms with Crippen molar-refractivity contribution in [2.45, 2.75) is 17.7 Å². The number of phenolic OH excluding ortho intramolecular Hbond substituents is 1. The number of phenols is 1. The van der Waals surface area contributed by atoms with Crippen molar-refractivity contribution in [1.29, 1.82) is 0 Å². The Bertz CT molecular complexity index is 1310. The summed E-state index contributed by atoms with van der Waals surface area (Å²) in [6, 6.07) is 12.0. The minimum absolute atomic E-state index is 0.00802. The van der Waals surface area contributed by atoms with E-state index in [0.717, 1.165) is 12.8 Å². The van der Waals surface area contributed by atoms with Gasteiger partial charge in [-0.25, -0.2) is 8.42 Å². The first kappa shape index (κ1) is 20.1. The summed E-state index contributed by atoms with van der Waals surface area (Å²) in [6.45, 7) is 0.897. The van der Waals surface area contributed by atoms with Crippen LogP contribution in [0.15, 0.2) is 58.2 Å². The molecule has 1 fully saturated rings. The highest BCUT2D eigenvalue weighted by molar-refractivity contribution is 7.89. The van der Waals surface area contributed by atoms with Crippen LogP contribution in [0.1, 0.15) is 23.2 Å². The Morgan fingerprint density at radius 2 is 1.77 bits per heavy atom. The van der Waals surface area contributed by atoms with Gasteiger partial charge in [0.05, 0.1) is 21.7 Å². The molecule has 1 saturated heterocycles. The summed E-state index contributed by atoms with van der Waals surface area (Å²) < 4.78 is 28.4. The topological polar surface area (TPSA) is 109 Å². The smallest absolute Gasteiger partial charge is 0.256 e. The van der Waals surface area contributed by atoms with Gasteiger partial charge in [-0.05, 0) is 37.1 Å². The van der Waals surface area contributed by atoms with Crippen molar-refractivity contribution in [3.8, 4) is 5.75 Å². The van der Waals surface area contributed by atoms with Gasteiger partial charge in [0.25, 0.3) is 11.5 Å². The van der Waals surface area contributed by atoms with Crippen molar-refractivity contribution in [2.75, 3.05) is 18.4 Å². The average Bonchev–Trinajstić information content (AvgIpc) is 3.28. The Kier molecular flexibility index (Phi) is 5.08. The van der Waals surface area contributed by atoms with Crippen LogP contribution in [-0.4, -0.2) is 41.4 Å². The van der Waals surface area contributed by atoms with Crippen LogP contribution in [0, 0.1) is 0 Å². The summed E-state index contributed by atoms with van der Waals surface area (Å²) in [5, 5.41) is 13.3. The van der Waals surface area contributed by atoms with Crippen LogP contribution < -0.4 is 10.9 Å². The van der Waals surface area contributed by atoms with Gasteiger partial charge in [-0.15, -0.1) is 0 Å². The Morgan fingerprint density at radius 1 is 1.07 bits per heavy atom. The Hall–Kier alpha value is -3.17. The number of rotatable bonds is 4. The molecule has 0 atom stereocenters. The maximum atomic E-state index is 12.9. The molecule has 1 amide bonds. The van der Waals surface area contributed by atoms with E-state index in [9.17, 15) is 23.1 Å². The number of aromatic nitrogens is 1. The number of hydrogen-bond donors (Lipinski definition) is 2. The molecule has 2 aromatic carbocycles. The molecule has 9 heteroatoms. The largest absolute Gasteiger partial charge is 0.506 e. The van der Waals surface area contributed by atoms with E-state index in [4.69, 9.17) is 0 Å². The Morgan fingerprint density at radius 3 is 2.50 bits per heavy atom. The molecule has 0 unspecified atom stereocenters. The molecular weight excluding hydrogens is 406 g/mol. The van der Waals surface area contributed by atoms with Crippen LogP contribution in [0.2, 0.25) is 0 Å². The van der Waals surface area contributed by atoms with Crippen molar-refractivity contribution in [1.82, 2.24) is 8.87 Å². The molecular formula is C21H21N3O5S. The molecule has 0 spiro atoms. The lowest BCUT2D eigenvalue weighted by Gasteiger charge is -2.17. The minimum atomic E-state index is -3.71. The van der Waals surface area contributed by atoms with Crippen LogP contribution in [0.5, 0.6) is 5.75 Å². The maximum absolute atomic E-state index is 12.9. The second kappa shape index (κ2) is 7.58. The zero-order valence-corrected chi connectivity index (χ0v) is 17.1.